The van der Waals surface area contributed by atoms with Crippen molar-refractivity contribution in [2.45, 2.75) is 6.54 Å². The van der Waals surface area contributed by atoms with Crippen LogP contribution < -0.4 is 15.6 Å². The van der Waals surface area contributed by atoms with E-state index in [1.807, 2.05) is 55.6 Å². The first-order chi connectivity index (χ1) is 10.3. The maximum Gasteiger partial charge on any atom is 0.258 e. The summed E-state index contributed by atoms with van der Waals surface area (Å²) < 4.78 is 5.72. The van der Waals surface area contributed by atoms with Gasteiger partial charge in [-0.25, -0.2) is 0 Å². The first-order valence-electron chi connectivity index (χ1n) is 6.80. The summed E-state index contributed by atoms with van der Waals surface area (Å²) >= 11 is 0. The molecular formula is C17H16N2O2. The first-order valence-corrected chi connectivity index (χ1v) is 6.80. The van der Waals surface area contributed by atoms with Crippen molar-refractivity contribution in [3.05, 3.63) is 70.5 Å². The van der Waals surface area contributed by atoms with Gasteiger partial charge in [0.25, 0.3) is 5.56 Å². The van der Waals surface area contributed by atoms with Gasteiger partial charge in [0, 0.05) is 18.0 Å². The average molecular weight is 280 g/mol. The van der Waals surface area contributed by atoms with Crippen molar-refractivity contribution in [2.24, 2.45) is 0 Å². The molecule has 0 saturated carbocycles. The number of nitrogens with one attached hydrogen (secondary N) is 2. The summed E-state index contributed by atoms with van der Waals surface area (Å²) in [7, 11) is 1.91. The quantitative estimate of drug-likeness (QED) is 0.772. The Balaban J connectivity index is 1.89. The molecule has 3 rings (SSSR count). The second-order valence-electron chi connectivity index (χ2n) is 4.83. The van der Waals surface area contributed by atoms with Gasteiger partial charge in [0.15, 0.2) is 0 Å². The molecule has 0 saturated heterocycles. The molecule has 2 N–H and O–H groups in total. The van der Waals surface area contributed by atoms with E-state index in [-0.39, 0.29) is 5.56 Å². The van der Waals surface area contributed by atoms with Gasteiger partial charge in [-0.2, -0.15) is 0 Å². The third kappa shape index (κ3) is 2.95. The lowest BCUT2D eigenvalue weighted by Crippen LogP contribution is -2.07. The van der Waals surface area contributed by atoms with Crippen molar-refractivity contribution in [3.8, 4) is 11.6 Å². The molecule has 106 valence electrons. The minimum atomic E-state index is -0.144. The molecule has 0 unspecified atom stereocenters. The van der Waals surface area contributed by atoms with E-state index in [2.05, 4.69) is 10.3 Å². The van der Waals surface area contributed by atoms with Crippen LogP contribution in [0, 0.1) is 0 Å². The molecule has 0 spiro atoms. The smallest absolute Gasteiger partial charge is 0.258 e. The highest BCUT2D eigenvalue weighted by Gasteiger charge is 2.03. The van der Waals surface area contributed by atoms with Crippen molar-refractivity contribution < 1.29 is 4.74 Å². The van der Waals surface area contributed by atoms with Crippen molar-refractivity contribution in [2.75, 3.05) is 7.05 Å². The minimum absolute atomic E-state index is 0.144. The highest BCUT2D eigenvalue weighted by molar-refractivity contribution is 5.82. The Morgan fingerprint density at radius 1 is 1.10 bits per heavy atom. The molecule has 0 fully saturated rings. The number of hydrogen-bond donors (Lipinski definition) is 2. The maximum absolute atomic E-state index is 12.0. The Morgan fingerprint density at radius 2 is 1.86 bits per heavy atom. The number of aromatic amines is 1. The summed E-state index contributed by atoms with van der Waals surface area (Å²) in [6.45, 7) is 0.813. The molecule has 4 heteroatoms. The van der Waals surface area contributed by atoms with E-state index in [1.165, 1.54) is 5.56 Å². The van der Waals surface area contributed by atoms with E-state index in [0.29, 0.717) is 17.0 Å². The van der Waals surface area contributed by atoms with Crippen LogP contribution in [0.1, 0.15) is 5.56 Å². The molecule has 21 heavy (non-hydrogen) atoms. The number of hydrogen-bond acceptors (Lipinski definition) is 3. The Morgan fingerprint density at radius 3 is 2.62 bits per heavy atom. The highest BCUT2D eigenvalue weighted by atomic mass is 16.5. The summed E-state index contributed by atoms with van der Waals surface area (Å²) in [5.74, 6) is 1.14. The van der Waals surface area contributed by atoms with E-state index >= 15 is 0 Å². The zero-order chi connectivity index (χ0) is 14.7. The average Bonchev–Trinajstić information content (AvgIpc) is 2.50. The van der Waals surface area contributed by atoms with Crippen LogP contribution in [0.3, 0.4) is 0 Å². The van der Waals surface area contributed by atoms with E-state index in [0.717, 1.165) is 11.9 Å². The lowest BCUT2D eigenvalue weighted by atomic mass is 10.2. The van der Waals surface area contributed by atoms with Gasteiger partial charge >= 0.3 is 0 Å². The standard InChI is InChI=1S/C17H16N2O2/c1-18-11-12-6-8-14(9-7-12)21-16-10-13-4-2-3-5-15(13)17(20)19-16/h2-10,18H,11H2,1H3,(H,19,20). The van der Waals surface area contributed by atoms with Gasteiger partial charge in [0.1, 0.15) is 5.75 Å². The number of aromatic nitrogens is 1. The van der Waals surface area contributed by atoms with Gasteiger partial charge in [-0.3, -0.25) is 9.78 Å². The molecule has 0 bridgehead atoms. The van der Waals surface area contributed by atoms with Gasteiger partial charge in [-0.1, -0.05) is 30.3 Å². The van der Waals surface area contributed by atoms with Gasteiger partial charge in [-0.15, -0.1) is 0 Å². The zero-order valence-electron chi connectivity index (χ0n) is 11.7. The van der Waals surface area contributed by atoms with Crippen molar-refractivity contribution in [1.29, 1.82) is 0 Å². The Hall–Kier alpha value is -2.59. The van der Waals surface area contributed by atoms with E-state index in [9.17, 15) is 4.79 Å². The van der Waals surface area contributed by atoms with Crippen LogP contribution in [0.15, 0.2) is 59.4 Å². The highest BCUT2D eigenvalue weighted by Crippen LogP contribution is 2.21. The van der Waals surface area contributed by atoms with Crippen LogP contribution in [0.5, 0.6) is 11.6 Å². The zero-order valence-corrected chi connectivity index (χ0v) is 11.7. The molecule has 4 nitrogen and oxygen atoms in total. The maximum atomic E-state index is 12.0. The molecule has 0 amide bonds. The van der Waals surface area contributed by atoms with Gasteiger partial charge in [0.2, 0.25) is 5.88 Å². The summed E-state index contributed by atoms with van der Waals surface area (Å²) in [6, 6.07) is 17.0. The number of benzene rings is 2. The second-order valence-corrected chi connectivity index (χ2v) is 4.83. The van der Waals surface area contributed by atoms with Crippen LogP contribution in [-0.4, -0.2) is 12.0 Å². The van der Waals surface area contributed by atoms with Crippen molar-refractivity contribution >= 4 is 10.8 Å². The second kappa shape index (κ2) is 5.81. The Kier molecular flexibility index (Phi) is 3.71. The number of pyridine rings is 1. The van der Waals surface area contributed by atoms with Gasteiger partial charge < -0.3 is 10.1 Å². The van der Waals surface area contributed by atoms with Crippen LogP contribution in [0.25, 0.3) is 10.8 Å². The Labute approximate surface area is 122 Å². The molecule has 0 aliphatic rings. The molecule has 0 aliphatic heterocycles. The number of fused-ring (bicyclic) bond motifs is 1. The fourth-order valence-corrected chi connectivity index (χ4v) is 2.25. The monoisotopic (exact) mass is 280 g/mol. The molecule has 3 aromatic rings. The van der Waals surface area contributed by atoms with Crippen LogP contribution in [0.4, 0.5) is 0 Å². The summed E-state index contributed by atoms with van der Waals surface area (Å²) in [5, 5.41) is 4.62. The normalized spacial score (nSPS) is 10.7. The van der Waals surface area contributed by atoms with E-state index in [4.69, 9.17) is 4.74 Å². The largest absolute Gasteiger partial charge is 0.441 e. The molecule has 0 atom stereocenters. The van der Waals surface area contributed by atoms with E-state index in [1.54, 1.807) is 6.07 Å². The first kappa shape index (κ1) is 13.4. The molecule has 1 heterocycles. The molecule has 1 aromatic heterocycles. The van der Waals surface area contributed by atoms with Crippen LogP contribution >= 0.6 is 0 Å². The Bertz CT molecular complexity index is 807. The predicted octanol–water partition coefficient (Wildman–Crippen LogP) is 3.04. The fraction of sp³-hybridized carbons (Fsp3) is 0.118. The lowest BCUT2D eigenvalue weighted by molar-refractivity contribution is 0.462. The van der Waals surface area contributed by atoms with Gasteiger partial charge in [0.05, 0.1) is 0 Å². The predicted molar refractivity (Wildman–Crippen MR) is 83.8 cm³/mol. The minimum Gasteiger partial charge on any atom is -0.441 e. The number of ether oxygens (including phenoxy) is 1. The SMILES string of the molecule is CNCc1ccc(Oc2cc3ccccc3c(=O)[nH]2)cc1. The van der Waals surface area contributed by atoms with Crippen LogP contribution in [0.2, 0.25) is 0 Å². The third-order valence-electron chi connectivity index (χ3n) is 3.26. The summed E-state index contributed by atoms with van der Waals surface area (Å²) in [4.78, 5) is 14.7. The van der Waals surface area contributed by atoms with Crippen LogP contribution in [-0.2, 0) is 6.54 Å². The topological polar surface area (TPSA) is 54.1 Å². The molecule has 0 aliphatic carbocycles. The summed E-state index contributed by atoms with van der Waals surface area (Å²) in [6.07, 6.45) is 0. The molecular weight excluding hydrogens is 264 g/mol. The molecule has 2 aromatic carbocycles. The molecule has 0 radical (unpaired) electrons. The third-order valence-corrected chi connectivity index (χ3v) is 3.26. The summed E-state index contributed by atoms with van der Waals surface area (Å²) in [5.41, 5.74) is 1.03. The van der Waals surface area contributed by atoms with E-state index < -0.39 is 0 Å². The number of rotatable bonds is 4. The fourth-order valence-electron chi connectivity index (χ4n) is 2.25. The van der Waals surface area contributed by atoms with Crippen molar-refractivity contribution in [1.82, 2.24) is 10.3 Å². The number of H-pyrrole nitrogens is 1. The van der Waals surface area contributed by atoms with Gasteiger partial charge in [-0.05, 0) is 36.2 Å². The lowest BCUT2D eigenvalue weighted by Gasteiger charge is -2.07. The van der Waals surface area contributed by atoms with Crippen molar-refractivity contribution in [3.63, 3.8) is 0 Å².